The highest BCUT2D eigenvalue weighted by molar-refractivity contribution is 7.99. The molecular formula is C11H14N4O2S2. The molecule has 102 valence electrons. The van der Waals surface area contributed by atoms with Crippen molar-refractivity contribution in [1.29, 1.82) is 0 Å². The van der Waals surface area contributed by atoms with Gasteiger partial charge in [0.25, 0.3) is 0 Å². The number of nitrogens with one attached hydrogen (secondary N) is 2. The highest BCUT2D eigenvalue weighted by Crippen LogP contribution is 2.25. The molecule has 0 amide bonds. The van der Waals surface area contributed by atoms with Crippen molar-refractivity contribution in [1.82, 2.24) is 15.2 Å². The van der Waals surface area contributed by atoms with E-state index >= 15 is 0 Å². The Morgan fingerprint density at radius 2 is 2.05 bits per heavy atom. The summed E-state index contributed by atoms with van der Waals surface area (Å²) in [5, 5.41) is 7.20. The molecule has 0 radical (unpaired) electrons. The molecular weight excluding hydrogens is 284 g/mol. The summed E-state index contributed by atoms with van der Waals surface area (Å²) in [5.74, 6) is 0.127. The van der Waals surface area contributed by atoms with Gasteiger partial charge in [0, 0.05) is 10.6 Å². The number of hydrogen-bond donors (Lipinski definition) is 2. The van der Waals surface area contributed by atoms with Crippen LogP contribution in [-0.4, -0.2) is 29.4 Å². The van der Waals surface area contributed by atoms with Crippen LogP contribution in [-0.2, 0) is 10.0 Å². The first-order valence-corrected chi connectivity index (χ1v) is 8.20. The molecule has 0 spiro atoms. The third kappa shape index (κ3) is 4.25. The second-order valence-electron chi connectivity index (χ2n) is 3.84. The van der Waals surface area contributed by atoms with Gasteiger partial charge in [-0.05, 0) is 30.7 Å². The van der Waals surface area contributed by atoms with Crippen LogP contribution in [0.2, 0.25) is 0 Å². The summed E-state index contributed by atoms with van der Waals surface area (Å²) in [6.07, 6.45) is 2.03. The summed E-state index contributed by atoms with van der Waals surface area (Å²) < 4.78 is 25.7. The van der Waals surface area contributed by atoms with Crippen molar-refractivity contribution in [2.75, 3.05) is 10.5 Å². The van der Waals surface area contributed by atoms with E-state index in [1.165, 1.54) is 18.1 Å². The van der Waals surface area contributed by atoms with Crippen molar-refractivity contribution in [2.45, 2.75) is 23.4 Å². The predicted octanol–water partition coefficient (Wildman–Crippen LogP) is 2.11. The molecule has 0 atom stereocenters. The zero-order chi connectivity index (χ0) is 13.7. The molecule has 1 aromatic carbocycles. The summed E-state index contributed by atoms with van der Waals surface area (Å²) in [6, 6.07) is 7.12. The lowest BCUT2D eigenvalue weighted by atomic mass is 10.3. The van der Waals surface area contributed by atoms with Gasteiger partial charge in [0.2, 0.25) is 10.0 Å². The third-order valence-corrected chi connectivity index (χ3v) is 4.60. The fourth-order valence-corrected chi connectivity index (χ4v) is 3.27. The largest absolute Gasteiger partial charge is 0.284 e. The number of nitrogens with zero attached hydrogens (tertiary/aromatic N) is 2. The maximum Gasteiger partial charge on any atom is 0.232 e. The highest BCUT2D eigenvalue weighted by atomic mass is 32.2. The lowest BCUT2D eigenvalue weighted by Crippen LogP contribution is -2.15. The molecule has 1 heterocycles. The molecule has 19 heavy (non-hydrogen) atoms. The highest BCUT2D eigenvalue weighted by Gasteiger charge is 2.08. The second-order valence-corrected chi connectivity index (χ2v) is 6.74. The molecule has 2 aromatic rings. The number of rotatable bonds is 6. The first-order chi connectivity index (χ1) is 9.09. The van der Waals surface area contributed by atoms with Crippen molar-refractivity contribution in [3.05, 3.63) is 30.6 Å². The van der Waals surface area contributed by atoms with Crippen molar-refractivity contribution >= 4 is 27.5 Å². The zero-order valence-corrected chi connectivity index (χ0v) is 12.0. The fourth-order valence-electron chi connectivity index (χ4n) is 1.45. The van der Waals surface area contributed by atoms with Gasteiger partial charge in [-0.1, -0.05) is 18.7 Å². The molecule has 0 aliphatic heterocycles. The Hall–Kier alpha value is -1.54. The number of sulfonamides is 1. The Morgan fingerprint density at radius 1 is 1.32 bits per heavy atom. The number of aromatic nitrogens is 3. The van der Waals surface area contributed by atoms with Crippen molar-refractivity contribution in [3.63, 3.8) is 0 Å². The van der Waals surface area contributed by atoms with E-state index in [1.807, 2.05) is 19.1 Å². The molecule has 2 N–H and O–H groups in total. The molecule has 0 bridgehead atoms. The van der Waals surface area contributed by atoms with Gasteiger partial charge in [-0.2, -0.15) is 5.10 Å². The van der Waals surface area contributed by atoms with Gasteiger partial charge in [0.05, 0.1) is 5.75 Å². The molecule has 6 nitrogen and oxygen atoms in total. The van der Waals surface area contributed by atoms with Gasteiger partial charge in [-0.25, -0.2) is 13.4 Å². The molecule has 2 rings (SSSR count). The standard InChI is InChI=1S/C11H14N4O2S2/c1-2-7-19(16,17)15-9-3-5-10(6-4-9)18-11-12-8-13-14-11/h3-6,8,15H,2,7H2,1H3,(H,12,13,14). The maximum atomic E-state index is 11.6. The minimum atomic E-state index is -3.23. The minimum Gasteiger partial charge on any atom is -0.284 e. The SMILES string of the molecule is CCCS(=O)(=O)Nc1ccc(Sc2ncn[nH]2)cc1. The van der Waals surface area contributed by atoms with Crippen LogP contribution in [0.25, 0.3) is 0 Å². The molecule has 0 saturated heterocycles. The average molecular weight is 298 g/mol. The molecule has 0 aliphatic rings. The smallest absolute Gasteiger partial charge is 0.232 e. The average Bonchev–Trinajstić information content (AvgIpc) is 2.84. The van der Waals surface area contributed by atoms with Crippen LogP contribution in [0.1, 0.15) is 13.3 Å². The molecule has 0 saturated carbocycles. The van der Waals surface area contributed by atoms with E-state index < -0.39 is 10.0 Å². The summed E-state index contributed by atoms with van der Waals surface area (Å²) >= 11 is 1.42. The number of H-pyrrole nitrogens is 1. The summed E-state index contributed by atoms with van der Waals surface area (Å²) in [5.41, 5.74) is 0.565. The minimum absolute atomic E-state index is 0.127. The van der Waals surface area contributed by atoms with E-state index in [2.05, 4.69) is 19.9 Å². The molecule has 1 aromatic heterocycles. The van der Waals surface area contributed by atoms with Gasteiger partial charge in [-0.3, -0.25) is 9.82 Å². The van der Waals surface area contributed by atoms with Gasteiger partial charge in [-0.15, -0.1) is 0 Å². The second kappa shape index (κ2) is 6.07. The number of anilines is 1. The summed E-state index contributed by atoms with van der Waals surface area (Å²) in [7, 11) is -3.23. The van der Waals surface area contributed by atoms with Crippen LogP contribution in [0.15, 0.2) is 40.6 Å². The van der Waals surface area contributed by atoms with E-state index in [-0.39, 0.29) is 5.75 Å². The van der Waals surface area contributed by atoms with Crippen molar-refractivity contribution in [3.8, 4) is 0 Å². The van der Waals surface area contributed by atoms with E-state index in [0.717, 1.165) is 4.90 Å². The van der Waals surface area contributed by atoms with Gasteiger partial charge < -0.3 is 0 Å². The number of hydrogen-bond acceptors (Lipinski definition) is 5. The summed E-state index contributed by atoms with van der Waals surface area (Å²) in [4.78, 5) is 4.96. The maximum absolute atomic E-state index is 11.6. The third-order valence-electron chi connectivity index (χ3n) is 2.21. The Morgan fingerprint density at radius 3 is 2.63 bits per heavy atom. The van der Waals surface area contributed by atoms with Gasteiger partial charge in [0.15, 0.2) is 5.16 Å². The van der Waals surface area contributed by atoms with E-state index in [4.69, 9.17) is 0 Å². The molecule has 0 aliphatic carbocycles. The molecule has 8 heteroatoms. The van der Waals surface area contributed by atoms with Crippen LogP contribution >= 0.6 is 11.8 Å². The topological polar surface area (TPSA) is 87.7 Å². The lowest BCUT2D eigenvalue weighted by Gasteiger charge is -2.07. The van der Waals surface area contributed by atoms with Crippen LogP contribution in [0.4, 0.5) is 5.69 Å². The molecule has 0 fully saturated rings. The number of benzene rings is 1. The van der Waals surface area contributed by atoms with Crippen LogP contribution in [0.5, 0.6) is 0 Å². The normalized spacial score (nSPS) is 11.4. The Labute approximate surface area is 116 Å². The Balaban J connectivity index is 2.02. The Kier molecular flexibility index (Phi) is 4.43. The van der Waals surface area contributed by atoms with Gasteiger partial charge >= 0.3 is 0 Å². The van der Waals surface area contributed by atoms with Crippen molar-refractivity contribution < 1.29 is 8.42 Å². The molecule has 0 unspecified atom stereocenters. The Bertz CT molecular complexity index is 609. The zero-order valence-electron chi connectivity index (χ0n) is 10.3. The van der Waals surface area contributed by atoms with E-state index in [9.17, 15) is 8.42 Å². The van der Waals surface area contributed by atoms with Crippen LogP contribution in [0.3, 0.4) is 0 Å². The van der Waals surface area contributed by atoms with Gasteiger partial charge in [0.1, 0.15) is 6.33 Å². The predicted molar refractivity (Wildman–Crippen MR) is 74.6 cm³/mol. The fraction of sp³-hybridized carbons (Fsp3) is 0.273. The summed E-state index contributed by atoms with van der Waals surface area (Å²) in [6.45, 7) is 1.83. The lowest BCUT2D eigenvalue weighted by molar-refractivity contribution is 0.600. The monoisotopic (exact) mass is 298 g/mol. The van der Waals surface area contributed by atoms with Crippen molar-refractivity contribution in [2.24, 2.45) is 0 Å². The van der Waals surface area contributed by atoms with E-state index in [1.54, 1.807) is 12.1 Å². The van der Waals surface area contributed by atoms with E-state index in [0.29, 0.717) is 17.3 Å². The first-order valence-electron chi connectivity index (χ1n) is 5.73. The first kappa shape index (κ1) is 13.9. The van der Waals surface area contributed by atoms with Crippen LogP contribution < -0.4 is 4.72 Å². The number of aromatic amines is 1. The quantitative estimate of drug-likeness (QED) is 0.852. The van der Waals surface area contributed by atoms with Crippen LogP contribution in [0, 0.1) is 0 Å².